The Bertz CT molecular complexity index is 694. The summed E-state index contributed by atoms with van der Waals surface area (Å²) in [6.45, 7) is 4.52. The highest BCUT2D eigenvalue weighted by atomic mass is 35.5. The number of carbonyl (C=O) groups is 2. The van der Waals surface area contributed by atoms with E-state index in [4.69, 9.17) is 14.6 Å². The number of carboxylic acid groups (broad SMARTS) is 1. The number of piperidine rings is 1. The highest BCUT2D eigenvalue weighted by molar-refractivity contribution is 5.94. The van der Waals surface area contributed by atoms with E-state index in [1.54, 1.807) is 12.1 Å². The molecular weight excluding hydrogens is 386 g/mol. The van der Waals surface area contributed by atoms with Crippen LogP contribution in [0, 0.1) is 0 Å². The Labute approximate surface area is 171 Å². The number of ether oxygens (including phenoxy) is 2. The van der Waals surface area contributed by atoms with Crippen LogP contribution in [0.3, 0.4) is 0 Å². The van der Waals surface area contributed by atoms with Crippen LogP contribution in [-0.2, 0) is 9.59 Å². The molecule has 1 amide bonds. The van der Waals surface area contributed by atoms with Crippen molar-refractivity contribution in [2.24, 2.45) is 0 Å². The number of halogens is 1. The fourth-order valence-corrected chi connectivity index (χ4v) is 3.59. The molecule has 0 saturated carbocycles. The van der Waals surface area contributed by atoms with Crippen LogP contribution in [0.25, 0.3) is 0 Å². The van der Waals surface area contributed by atoms with Gasteiger partial charge in [-0.3, -0.25) is 19.4 Å². The standard InChI is InChI=1S/C19H27N3O5.ClH/c1-13(22-7-5-15(6-8-22)21(2)12-18(23)24)19(25)20-14-3-4-16-17(11-14)27-10-9-26-16;/h3-4,11,13,15H,5-10,12H2,1-2H3,(H,20,25)(H,23,24);1H. The number of carbonyl (C=O) groups excluding carboxylic acids is 1. The van der Waals surface area contributed by atoms with Gasteiger partial charge in [0.25, 0.3) is 0 Å². The molecule has 2 N–H and O–H groups in total. The fourth-order valence-electron chi connectivity index (χ4n) is 3.59. The maximum absolute atomic E-state index is 12.6. The second-order valence-corrected chi connectivity index (χ2v) is 7.10. The highest BCUT2D eigenvalue weighted by Gasteiger charge is 2.29. The summed E-state index contributed by atoms with van der Waals surface area (Å²) in [5, 5.41) is 11.9. The van der Waals surface area contributed by atoms with Crippen LogP contribution in [-0.4, -0.2) is 78.8 Å². The molecule has 1 aromatic carbocycles. The number of rotatable bonds is 6. The van der Waals surface area contributed by atoms with Crippen molar-refractivity contribution in [3.05, 3.63) is 18.2 Å². The van der Waals surface area contributed by atoms with Gasteiger partial charge in [-0.15, -0.1) is 12.4 Å². The van der Waals surface area contributed by atoms with Crippen molar-refractivity contribution in [2.75, 3.05) is 45.2 Å². The molecule has 1 aromatic rings. The molecule has 3 rings (SSSR count). The first-order valence-electron chi connectivity index (χ1n) is 9.30. The van der Waals surface area contributed by atoms with Crippen LogP contribution in [0.2, 0.25) is 0 Å². The van der Waals surface area contributed by atoms with Gasteiger partial charge in [-0.1, -0.05) is 0 Å². The van der Waals surface area contributed by atoms with E-state index < -0.39 is 5.97 Å². The van der Waals surface area contributed by atoms with Gasteiger partial charge in [0.1, 0.15) is 13.2 Å². The third-order valence-electron chi connectivity index (χ3n) is 5.24. The minimum Gasteiger partial charge on any atom is -0.486 e. The number of aliphatic carboxylic acids is 1. The van der Waals surface area contributed by atoms with E-state index >= 15 is 0 Å². The van der Waals surface area contributed by atoms with E-state index in [2.05, 4.69) is 10.2 Å². The van der Waals surface area contributed by atoms with E-state index in [0.717, 1.165) is 25.9 Å². The van der Waals surface area contributed by atoms with Crippen LogP contribution < -0.4 is 14.8 Å². The molecule has 9 heteroatoms. The molecule has 0 radical (unpaired) electrons. The lowest BCUT2D eigenvalue weighted by Crippen LogP contribution is -2.50. The molecule has 1 unspecified atom stereocenters. The van der Waals surface area contributed by atoms with Crippen molar-refractivity contribution in [1.82, 2.24) is 9.80 Å². The Morgan fingerprint density at radius 2 is 1.89 bits per heavy atom. The third kappa shape index (κ3) is 5.50. The van der Waals surface area contributed by atoms with Crippen molar-refractivity contribution in [2.45, 2.75) is 31.8 Å². The Morgan fingerprint density at radius 3 is 2.54 bits per heavy atom. The molecule has 1 fully saturated rings. The maximum Gasteiger partial charge on any atom is 0.317 e. The van der Waals surface area contributed by atoms with Crippen molar-refractivity contribution in [3.8, 4) is 11.5 Å². The summed E-state index contributed by atoms with van der Waals surface area (Å²) in [5.74, 6) is 0.463. The van der Waals surface area contributed by atoms with E-state index in [-0.39, 0.29) is 36.9 Å². The van der Waals surface area contributed by atoms with Crippen molar-refractivity contribution < 1.29 is 24.2 Å². The lowest BCUT2D eigenvalue weighted by molar-refractivity contribution is -0.138. The first-order chi connectivity index (χ1) is 12.9. The normalized spacial score (nSPS) is 18.2. The predicted molar refractivity (Wildman–Crippen MR) is 108 cm³/mol. The number of nitrogens with zero attached hydrogens (tertiary/aromatic N) is 2. The Morgan fingerprint density at radius 1 is 1.25 bits per heavy atom. The number of anilines is 1. The molecule has 8 nitrogen and oxygen atoms in total. The van der Waals surface area contributed by atoms with Gasteiger partial charge in [-0.05, 0) is 38.9 Å². The third-order valence-corrected chi connectivity index (χ3v) is 5.24. The maximum atomic E-state index is 12.6. The summed E-state index contributed by atoms with van der Waals surface area (Å²) < 4.78 is 11.0. The van der Waals surface area contributed by atoms with E-state index in [1.807, 2.05) is 24.9 Å². The van der Waals surface area contributed by atoms with Gasteiger partial charge in [-0.2, -0.15) is 0 Å². The van der Waals surface area contributed by atoms with Gasteiger partial charge in [-0.25, -0.2) is 0 Å². The molecule has 2 aliphatic rings. The summed E-state index contributed by atoms with van der Waals surface area (Å²) in [5.41, 5.74) is 0.687. The zero-order chi connectivity index (χ0) is 19.4. The Kier molecular flexibility index (Phi) is 7.91. The molecule has 0 spiro atoms. The summed E-state index contributed by atoms with van der Waals surface area (Å²) in [7, 11) is 1.84. The largest absolute Gasteiger partial charge is 0.486 e. The first-order valence-corrected chi connectivity index (χ1v) is 9.30. The van der Waals surface area contributed by atoms with E-state index in [1.165, 1.54) is 0 Å². The predicted octanol–water partition coefficient (Wildman–Crippen LogP) is 1.69. The summed E-state index contributed by atoms with van der Waals surface area (Å²) in [4.78, 5) is 27.5. The van der Waals surface area contributed by atoms with Crippen molar-refractivity contribution in [1.29, 1.82) is 0 Å². The molecule has 1 atom stereocenters. The minimum atomic E-state index is -0.813. The summed E-state index contributed by atoms with van der Waals surface area (Å²) >= 11 is 0. The van der Waals surface area contributed by atoms with Gasteiger partial charge >= 0.3 is 5.97 Å². The molecule has 0 aromatic heterocycles. The first kappa shape index (κ1) is 22.3. The van der Waals surface area contributed by atoms with Crippen LogP contribution in [0.15, 0.2) is 18.2 Å². The molecule has 2 aliphatic heterocycles. The molecule has 156 valence electrons. The van der Waals surface area contributed by atoms with Crippen LogP contribution in [0.4, 0.5) is 5.69 Å². The fraction of sp³-hybridized carbons (Fsp3) is 0.579. The van der Waals surface area contributed by atoms with Gasteiger partial charge in [0.15, 0.2) is 11.5 Å². The van der Waals surface area contributed by atoms with Crippen LogP contribution in [0.1, 0.15) is 19.8 Å². The Balaban J connectivity index is 0.00000280. The number of fused-ring (bicyclic) bond motifs is 1. The molecule has 0 bridgehead atoms. The number of benzene rings is 1. The second kappa shape index (κ2) is 9.95. The summed E-state index contributed by atoms with van der Waals surface area (Å²) in [6, 6.07) is 5.38. The number of amides is 1. The van der Waals surface area contributed by atoms with E-state index in [0.29, 0.717) is 30.4 Å². The monoisotopic (exact) mass is 413 g/mol. The number of hydrogen-bond donors (Lipinski definition) is 2. The van der Waals surface area contributed by atoms with E-state index in [9.17, 15) is 9.59 Å². The zero-order valence-corrected chi connectivity index (χ0v) is 17.0. The van der Waals surface area contributed by atoms with Gasteiger partial charge in [0.05, 0.1) is 12.6 Å². The number of nitrogens with one attached hydrogen (secondary N) is 1. The SMILES string of the molecule is CC(C(=O)Nc1ccc2c(c1)OCCO2)N1CCC(N(C)CC(=O)O)CC1.Cl. The minimum absolute atomic E-state index is 0. The zero-order valence-electron chi connectivity index (χ0n) is 16.2. The van der Waals surface area contributed by atoms with Gasteiger partial charge < -0.3 is 19.9 Å². The molecular formula is C19H28ClN3O5. The molecule has 28 heavy (non-hydrogen) atoms. The van der Waals surface area contributed by atoms with Gasteiger partial charge in [0, 0.05) is 30.9 Å². The highest BCUT2D eigenvalue weighted by Crippen LogP contribution is 2.32. The lowest BCUT2D eigenvalue weighted by Gasteiger charge is -2.38. The number of likely N-dealkylation sites (N-methyl/N-ethyl adjacent to an activating group) is 1. The molecule has 1 saturated heterocycles. The smallest absolute Gasteiger partial charge is 0.317 e. The van der Waals surface area contributed by atoms with Crippen LogP contribution >= 0.6 is 12.4 Å². The summed E-state index contributed by atoms with van der Waals surface area (Å²) in [6.07, 6.45) is 1.71. The lowest BCUT2D eigenvalue weighted by atomic mass is 10.0. The average Bonchev–Trinajstić information content (AvgIpc) is 2.67. The number of likely N-dealkylation sites (tertiary alicyclic amines) is 1. The van der Waals surface area contributed by atoms with Gasteiger partial charge in [0.2, 0.25) is 5.91 Å². The Hall–Kier alpha value is -2.03. The van der Waals surface area contributed by atoms with Crippen LogP contribution in [0.5, 0.6) is 11.5 Å². The quantitative estimate of drug-likeness (QED) is 0.733. The molecule has 0 aliphatic carbocycles. The number of hydrogen-bond acceptors (Lipinski definition) is 6. The number of carboxylic acids is 1. The van der Waals surface area contributed by atoms with Crippen molar-refractivity contribution in [3.63, 3.8) is 0 Å². The average molecular weight is 414 g/mol. The second-order valence-electron chi connectivity index (χ2n) is 7.10. The topological polar surface area (TPSA) is 91.3 Å². The molecule has 2 heterocycles. The van der Waals surface area contributed by atoms with Crippen molar-refractivity contribution >= 4 is 30.0 Å².